The monoisotopic (exact) mass is 341 g/mol. The first kappa shape index (κ1) is 15.9. The van der Waals surface area contributed by atoms with E-state index in [1.165, 1.54) is 5.56 Å². The number of rotatable bonds is 5. The van der Waals surface area contributed by atoms with E-state index in [1.54, 1.807) is 0 Å². The number of tetrazole rings is 1. The van der Waals surface area contributed by atoms with Crippen LogP contribution < -0.4 is 10.2 Å². The Morgan fingerprint density at radius 1 is 1.20 bits per heavy atom. The number of carbonyl (C=O) groups excluding carboxylic acids is 1. The Bertz CT molecular complexity index is 717. The fourth-order valence-corrected chi connectivity index (χ4v) is 3.68. The molecule has 4 rings (SSSR count). The van der Waals surface area contributed by atoms with Crippen LogP contribution in [0.5, 0.6) is 0 Å². The molecule has 1 atom stereocenters. The molecule has 1 aromatic heterocycles. The predicted molar refractivity (Wildman–Crippen MR) is 93.3 cm³/mol. The van der Waals surface area contributed by atoms with Crippen molar-refractivity contribution < 1.29 is 4.79 Å². The van der Waals surface area contributed by atoms with Crippen molar-refractivity contribution in [3.8, 4) is 0 Å². The summed E-state index contributed by atoms with van der Waals surface area (Å²) in [6, 6.07) is 10.6. The lowest BCUT2D eigenvalue weighted by atomic mass is 10.0. The molecule has 25 heavy (non-hydrogen) atoms. The molecule has 1 N–H and O–H groups in total. The normalized spacial score (nSPS) is 20.8. The van der Waals surface area contributed by atoms with Crippen LogP contribution in [0.3, 0.4) is 0 Å². The van der Waals surface area contributed by atoms with Gasteiger partial charge < -0.3 is 15.1 Å². The molecule has 0 bridgehead atoms. The van der Waals surface area contributed by atoms with Crippen molar-refractivity contribution in [2.24, 2.45) is 0 Å². The van der Waals surface area contributed by atoms with Crippen LogP contribution in [0, 0.1) is 0 Å². The van der Waals surface area contributed by atoms with Gasteiger partial charge >= 0.3 is 6.03 Å². The Kier molecular flexibility index (Phi) is 4.49. The number of nitrogens with one attached hydrogen (secondary N) is 1. The summed E-state index contributed by atoms with van der Waals surface area (Å²) in [4.78, 5) is 16.1. The van der Waals surface area contributed by atoms with Crippen LogP contribution in [0.1, 0.15) is 18.4 Å². The van der Waals surface area contributed by atoms with Crippen LogP contribution in [-0.4, -0.2) is 63.4 Å². The van der Waals surface area contributed by atoms with Crippen molar-refractivity contribution in [3.63, 3.8) is 0 Å². The lowest BCUT2D eigenvalue weighted by Gasteiger charge is -2.37. The zero-order valence-electron chi connectivity index (χ0n) is 14.2. The number of aryl methyl sites for hydroxylation is 2. The Morgan fingerprint density at radius 2 is 2.08 bits per heavy atom. The molecule has 2 aromatic rings. The minimum atomic E-state index is 0.0514. The fourth-order valence-electron chi connectivity index (χ4n) is 3.68. The number of carbonyl (C=O) groups is 1. The van der Waals surface area contributed by atoms with E-state index in [4.69, 9.17) is 0 Å². The summed E-state index contributed by atoms with van der Waals surface area (Å²) in [5.41, 5.74) is 1.27. The molecule has 0 radical (unpaired) electrons. The first-order valence-electron chi connectivity index (χ1n) is 8.91. The molecular formula is C17H23N7O. The number of anilines is 1. The van der Waals surface area contributed by atoms with E-state index in [0.29, 0.717) is 0 Å². The predicted octanol–water partition coefficient (Wildman–Crippen LogP) is 0.910. The lowest BCUT2D eigenvalue weighted by molar-refractivity contribution is 0.189. The Balaban J connectivity index is 1.43. The topological polar surface area (TPSA) is 79.2 Å². The van der Waals surface area contributed by atoms with E-state index in [1.807, 2.05) is 27.8 Å². The van der Waals surface area contributed by atoms with Gasteiger partial charge in [0.25, 0.3) is 0 Å². The van der Waals surface area contributed by atoms with Crippen molar-refractivity contribution >= 4 is 12.0 Å². The molecule has 2 aliphatic rings. The smallest absolute Gasteiger partial charge is 0.317 e. The van der Waals surface area contributed by atoms with E-state index in [9.17, 15) is 4.79 Å². The zero-order chi connectivity index (χ0) is 17.1. The standard InChI is InChI=1S/C17H23N7O/c25-17-18-9-12-23(17)15-7-4-10-22(13-15)16-19-20-21-24(16)11-8-14-5-2-1-3-6-14/h1-3,5-6,15H,4,7-13H2,(H,18,25). The molecule has 2 saturated heterocycles. The summed E-state index contributed by atoms with van der Waals surface area (Å²) in [7, 11) is 0. The molecule has 8 heteroatoms. The molecule has 2 fully saturated rings. The second-order valence-corrected chi connectivity index (χ2v) is 6.61. The molecule has 1 unspecified atom stereocenters. The van der Waals surface area contributed by atoms with Crippen LogP contribution in [0.15, 0.2) is 30.3 Å². The first-order valence-corrected chi connectivity index (χ1v) is 8.91. The highest BCUT2D eigenvalue weighted by molar-refractivity contribution is 5.76. The first-order chi connectivity index (χ1) is 12.3. The Hall–Kier alpha value is -2.64. The van der Waals surface area contributed by atoms with Gasteiger partial charge in [-0.15, -0.1) is 0 Å². The third-order valence-electron chi connectivity index (χ3n) is 4.98. The number of aromatic nitrogens is 4. The van der Waals surface area contributed by atoms with E-state index in [2.05, 4.69) is 37.9 Å². The second kappa shape index (κ2) is 7.08. The van der Waals surface area contributed by atoms with Crippen molar-refractivity contribution in [2.45, 2.75) is 31.8 Å². The highest BCUT2D eigenvalue weighted by atomic mass is 16.2. The minimum absolute atomic E-state index is 0.0514. The van der Waals surface area contributed by atoms with Crippen LogP contribution in [0.4, 0.5) is 10.7 Å². The number of hydrogen-bond donors (Lipinski definition) is 1. The molecular weight excluding hydrogens is 318 g/mol. The van der Waals surface area contributed by atoms with Crippen LogP contribution in [0.2, 0.25) is 0 Å². The third-order valence-corrected chi connectivity index (χ3v) is 4.98. The molecule has 1 aromatic carbocycles. The van der Waals surface area contributed by atoms with Crippen molar-refractivity contribution in [2.75, 3.05) is 31.1 Å². The second-order valence-electron chi connectivity index (χ2n) is 6.61. The summed E-state index contributed by atoms with van der Waals surface area (Å²) in [6.45, 7) is 3.99. The van der Waals surface area contributed by atoms with Crippen molar-refractivity contribution in [1.82, 2.24) is 30.4 Å². The SMILES string of the molecule is O=C1NCCN1C1CCCN(c2nnnn2CCc2ccccc2)C1. The number of piperidine rings is 1. The van der Waals surface area contributed by atoms with E-state index in [-0.39, 0.29) is 12.1 Å². The summed E-state index contributed by atoms with van der Waals surface area (Å²) in [6.07, 6.45) is 2.97. The van der Waals surface area contributed by atoms with Gasteiger partial charge in [-0.05, 0) is 35.3 Å². The summed E-state index contributed by atoms with van der Waals surface area (Å²) in [5.74, 6) is 0.806. The highest BCUT2D eigenvalue weighted by Gasteiger charge is 2.32. The van der Waals surface area contributed by atoms with Crippen LogP contribution in [0.25, 0.3) is 0 Å². The number of urea groups is 1. The maximum Gasteiger partial charge on any atom is 0.317 e. The largest absolute Gasteiger partial charge is 0.338 e. The molecule has 2 amide bonds. The number of amides is 2. The van der Waals surface area contributed by atoms with E-state index in [0.717, 1.165) is 57.9 Å². The quantitative estimate of drug-likeness (QED) is 0.874. The van der Waals surface area contributed by atoms with Gasteiger partial charge in [-0.1, -0.05) is 35.4 Å². The maximum atomic E-state index is 11.9. The van der Waals surface area contributed by atoms with Gasteiger partial charge in [-0.3, -0.25) is 0 Å². The van der Waals surface area contributed by atoms with Crippen molar-refractivity contribution in [1.29, 1.82) is 0 Å². The van der Waals surface area contributed by atoms with E-state index < -0.39 is 0 Å². The molecule has 132 valence electrons. The van der Waals surface area contributed by atoms with Crippen molar-refractivity contribution in [3.05, 3.63) is 35.9 Å². The Morgan fingerprint density at radius 3 is 2.88 bits per heavy atom. The van der Waals surface area contributed by atoms with Gasteiger partial charge in [-0.25, -0.2) is 9.48 Å². The summed E-state index contributed by atoms with van der Waals surface area (Å²) < 4.78 is 1.87. The summed E-state index contributed by atoms with van der Waals surface area (Å²) in [5, 5.41) is 15.2. The molecule has 3 heterocycles. The van der Waals surface area contributed by atoms with Crippen LogP contribution >= 0.6 is 0 Å². The van der Waals surface area contributed by atoms with Gasteiger partial charge in [0.2, 0.25) is 5.95 Å². The fraction of sp³-hybridized carbons (Fsp3) is 0.529. The van der Waals surface area contributed by atoms with Gasteiger partial charge in [0.1, 0.15) is 0 Å². The van der Waals surface area contributed by atoms with Gasteiger partial charge in [-0.2, -0.15) is 0 Å². The summed E-state index contributed by atoms with van der Waals surface area (Å²) >= 11 is 0. The lowest BCUT2D eigenvalue weighted by Crippen LogP contribution is -2.49. The van der Waals surface area contributed by atoms with Gasteiger partial charge in [0.05, 0.1) is 12.6 Å². The number of hydrogen-bond acceptors (Lipinski definition) is 5. The van der Waals surface area contributed by atoms with Gasteiger partial charge in [0.15, 0.2) is 0 Å². The maximum absolute atomic E-state index is 11.9. The zero-order valence-corrected chi connectivity index (χ0v) is 14.2. The van der Waals surface area contributed by atoms with E-state index >= 15 is 0 Å². The Labute approximate surface area is 146 Å². The van der Waals surface area contributed by atoms with Gasteiger partial charge in [0, 0.05) is 26.2 Å². The number of nitrogens with zero attached hydrogens (tertiary/aromatic N) is 6. The third kappa shape index (κ3) is 3.42. The molecule has 0 aliphatic carbocycles. The average molecular weight is 341 g/mol. The average Bonchev–Trinajstić information content (AvgIpc) is 3.30. The molecule has 0 spiro atoms. The molecule has 0 saturated carbocycles. The minimum Gasteiger partial charge on any atom is -0.338 e. The highest BCUT2D eigenvalue weighted by Crippen LogP contribution is 2.21. The molecule has 8 nitrogen and oxygen atoms in total. The number of benzene rings is 1. The molecule has 2 aliphatic heterocycles. The van der Waals surface area contributed by atoms with Crippen LogP contribution in [-0.2, 0) is 13.0 Å².